The number of methoxy groups -OCH3 is 1. The topological polar surface area (TPSA) is 68.3 Å². The fourth-order valence-corrected chi connectivity index (χ4v) is 6.04. The molecule has 190 valence electrons. The Hall–Kier alpha value is -1.69. The van der Waals surface area contributed by atoms with E-state index in [0.29, 0.717) is 31.2 Å². The zero-order valence-corrected chi connectivity index (χ0v) is 24.4. The number of anilines is 1. The second-order valence-corrected chi connectivity index (χ2v) is 22.6. The number of amides is 1. The predicted octanol–water partition coefficient (Wildman–Crippen LogP) is 4.61. The molecule has 2 aliphatic rings. The van der Waals surface area contributed by atoms with Gasteiger partial charge in [0.2, 0.25) is 0 Å². The minimum atomic E-state index is -2.17. The minimum Gasteiger partial charge on any atom is -0.497 e. The number of ketones is 1. The number of nitrogens with zero attached hydrogens (tertiary/aromatic N) is 2. The van der Waals surface area contributed by atoms with Gasteiger partial charge < -0.3 is 23.7 Å². The highest BCUT2D eigenvalue weighted by Gasteiger charge is 2.50. The van der Waals surface area contributed by atoms with Crippen LogP contribution in [0, 0.1) is 0 Å². The molecule has 9 heteroatoms. The van der Waals surface area contributed by atoms with Gasteiger partial charge in [-0.1, -0.05) is 40.4 Å². The van der Waals surface area contributed by atoms with Crippen molar-refractivity contribution in [1.82, 2.24) is 4.90 Å². The van der Waals surface area contributed by atoms with E-state index in [1.54, 1.807) is 18.1 Å². The molecule has 0 aromatic heterocycles. The van der Waals surface area contributed by atoms with Gasteiger partial charge in [-0.3, -0.25) is 9.59 Å². The van der Waals surface area contributed by atoms with Crippen LogP contribution in [0.25, 0.3) is 0 Å². The molecule has 0 saturated carbocycles. The van der Waals surface area contributed by atoms with Crippen molar-refractivity contribution in [3.05, 3.63) is 23.8 Å². The van der Waals surface area contributed by atoms with Gasteiger partial charge in [0.05, 0.1) is 24.9 Å². The van der Waals surface area contributed by atoms with E-state index in [2.05, 4.69) is 53.5 Å². The molecule has 2 heterocycles. The molecule has 2 unspecified atom stereocenters. The maximum atomic E-state index is 13.7. The number of carbonyl (C=O) groups is 2. The normalized spacial score (nSPS) is 21.4. The number of benzene rings is 1. The molecule has 0 aliphatic carbocycles. The third kappa shape index (κ3) is 5.75. The molecule has 2 aliphatic heterocycles. The van der Waals surface area contributed by atoms with Gasteiger partial charge in [0, 0.05) is 21.2 Å². The average Bonchev–Trinajstić information content (AvgIpc) is 2.96. The molecular weight excluding hydrogens is 464 g/mol. The number of ether oxygens (including phenoxy) is 2. The summed E-state index contributed by atoms with van der Waals surface area (Å²) >= 11 is 0. The Bertz CT molecular complexity index is 923. The first-order valence-corrected chi connectivity index (χ1v) is 18.8. The minimum absolute atomic E-state index is 0.00922. The molecule has 0 spiro atoms. The van der Waals surface area contributed by atoms with Crippen LogP contribution in [-0.4, -0.2) is 78.7 Å². The third-order valence-corrected chi connectivity index (χ3v) is 13.5. The van der Waals surface area contributed by atoms with Crippen molar-refractivity contribution in [2.24, 2.45) is 0 Å². The summed E-state index contributed by atoms with van der Waals surface area (Å²) in [7, 11) is -1.80. The maximum Gasteiger partial charge on any atom is 0.256 e. The monoisotopic (exact) mass is 506 g/mol. The molecule has 0 radical (unpaired) electrons. The highest BCUT2D eigenvalue weighted by atomic mass is 28.4. The number of Topliss-reactive ketones (excluding diaryl/α,β-unsaturated/α-hetero) is 1. The zero-order chi connectivity index (χ0) is 25.5. The average molecular weight is 507 g/mol. The molecule has 1 saturated heterocycles. The first-order chi connectivity index (χ1) is 15.6. The fourth-order valence-electron chi connectivity index (χ4n) is 4.03. The fraction of sp³-hybridized carbons (Fsp3) is 0.680. The summed E-state index contributed by atoms with van der Waals surface area (Å²) in [5, 5.41) is -0.0204. The standard InChI is InChI=1S/C25H42N2O5Si2/c1-25(2,3)34(8,9)32-22-16-27-21(23(22)28)15-26(17-31-12-13-33(5,6)7)20-11-10-18(30-4)14-19(20)24(27)29/h10-11,14,21-22H,12-13,15-17H2,1-9H3. The number of carbonyl (C=O) groups excluding carboxylic acids is 2. The summed E-state index contributed by atoms with van der Waals surface area (Å²) in [6, 6.07) is 6.02. The molecule has 1 aromatic carbocycles. The predicted molar refractivity (Wildman–Crippen MR) is 141 cm³/mol. The molecule has 1 aromatic rings. The van der Waals surface area contributed by atoms with Crippen molar-refractivity contribution in [2.45, 2.75) is 76.7 Å². The molecular formula is C25H42N2O5Si2. The van der Waals surface area contributed by atoms with E-state index in [1.807, 2.05) is 17.0 Å². The van der Waals surface area contributed by atoms with Gasteiger partial charge in [-0.15, -0.1) is 0 Å². The van der Waals surface area contributed by atoms with Gasteiger partial charge in [0.25, 0.3) is 5.91 Å². The summed E-state index contributed by atoms with van der Waals surface area (Å²) in [4.78, 5) is 30.9. The Kier molecular flexibility index (Phi) is 7.72. The van der Waals surface area contributed by atoms with Gasteiger partial charge in [-0.2, -0.15) is 0 Å². The Labute approximate surface area is 206 Å². The van der Waals surface area contributed by atoms with Crippen molar-refractivity contribution in [1.29, 1.82) is 0 Å². The maximum absolute atomic E-state index is 13.7. The lowest BCUT2D eigenvalue weighted by Gasteiger charge is -2.38. The van der Waals surface area contributed by atoms with Gasteiger partial charge in [0.1, 0.15) is 24.6 Å². The number of hydrogen-bond acceptors (Lipinski definition) is 6. The van der Waals surface area contributed by atoms with Gasteiger partial charge >= 0.3 is 0 Å². The Morgan fingerprint density at radius 3 is 2.32 bits per heavy atom. The molecule has 34 heavy (non-hydrogen) atoms. The van der Waals surface area contributed by atoms with Crippen molar-refractivity contribution in [2.75, 3.05) is 38.4 Å². The van der Waals surface area contributed by atoms with Crippen LogP contribution < -0.4 is 9.64 Å². The second-order valence-electron chi connectivity index (χ2n) is 12.2. The van der Waals surface area contributed by atoms with Crippen molar-refractivity contribution < 1.29 is 23.5 Å². The number of fused-ring (bicyclic) bond motifs is 2. The summed E-state index contributed by atoms with van der Waals surface area (Å²) in [6.45, 7) is 19.4. The van der Waals surface area contributed by atoms with Gasteiger partial charge in [0.15, 0.2) is 14.1 Å². The number of hydrogen-bond donors (Lipinski definition) is 0. The van der Waals surface area contributed by atoms with E-state index in [-0.39, 0.29) is 23.3 Å². The zero-order valence-electron chi connectivity index (χ0n) is 22.4. The van der Waals surface area contributed by atoms with Crippen molar-refractivity contribution >= 4 is 33.8 Å². The quantitative estimate of drug-likeness (QED) is 0.379. The molecule has 0 bridgehead atoms. The smallest absolute Gasteiger partial charge is 0.256 e. The van der Waals surface area contributed by atoms with Crippen LogP contribution in [0.4, 0.5) is 5.69 Å². The molecule has 0 N–H and O–H groups in total. The lowest BCUT2D eigenvalue weighted by Crippen LogP contribution is -2.47. The summed E-state index contributed by atoms with van der Waals surface area (Å²) in [6.07, 6.45) is -0.586. The van der Waals surface area contributed by atoms with Crippen LogP contribution in [-0.2, 0) is 14.0 Å². The second kappa shape index (κ2) is 9.75. The van der Waals surface area contributed by atoms with E-state index in [1.165, 1.54) is 0 Å². The van der Waals surface area contributed by atoms with Gasteiger partial charge in [-0.05, 0) is 42.4 Å². The Balaban J connectivity index is 1.88. The molecule has 1 fully saturated rings. The van der Waals surface area contributed by atoms with E-state index < -0.39 is 28.5 Å². The summed E-state index contributed by atoms with van der Waals surface area (Å²) < 4.78 is 17.9. The van der Waals surface area contributed by atoms with Crippen LogP contribution in [0.3, 0.4) is 0 Å². The van der Waals surface area contributed by atoms with E-state index in [9.17, 15) is 9.59 Å². The highest BCUT2D eigenvalue weighted by Crippen LogP contribution is 2.39. The number of rotatable bonds is 8. The van der Waals surface area contributed by atoms with Crippen molar-refractivity contribution in [3.63, 3.8) is 0 Å². The lowest BCUT2D eigenvalue weighted by molar-refractivity contribution is -0.124. The lowest BCUT2D eigenvalue weighted by atomic mass is 10.1. The SMILES string of the molecule is COc1ccc2c(c1)C(=O)N1CC(O[Si](C)(C)C(C)(C)C)C(=O)C1CN2COCC[Si](C)(C)C. The van der Waals surface area contributed by atoms with Crippen LogP contribution in [0.15, 0.2) is 18.2 Å². The third-order valence-electron chi connectivity index (χ3n) is 7.30. The largest absolute Gasteiger partial charge is 0.497 e. The first kappa shape index (κ1) is 26.9. The van der Waals surface area contributed by atoms with Crippen LogP contribution in [0.5, 0.6) is 5.75 Å². The Morgan fingerprint density at radius 1 is 1.06 bits per heavy atom. The summed E-state index contributed by atoms with van der Waals surface area (Å²) in [5.74, 6) is 0.452. The Morgan fingerprint density at radius 2 is 1.74 bits per heavy atom. The first-order valence-electron chi connectivity index (χ1n) is 12.2. The molecule has 1 amide bonds. The van der Waals surface area contributed by atoms with Crippen LogP contribution in [0.1, 0.15) is 31.1 Å². The molecule has 2 atom stereocenters. The van der Waals surface area contributed by atoms with Crippen LogP contribution in [0.2, 0.25) is 43.8 Å². The van der Waals surface area contributed by atoms with E-state index >= 15 is 0 Å². The molecule has 7 nitrogen and oxygen atoms in total. The van der Waals surface area contributed by atoms with Crippen molar-refractivity contribution in [3.8, 4) is 5.75 Å². The molecule has 3 rings (SSSR count). The highest BCUT2D eigenvalue weighted by molar-refractivity contribution is 6.76. The van der Waals surface area contributed by atoms with E-state index in [0.717, 1.165) is 11.7 Å². The van der Waals surface area contributed by atoms with E-state index in [4.69, 9.17) is 13.9 Å². The van der Waals surface area contributed by atoms with Crippen LogP contribution >= 0.6 is 0 Å². The van der Waals surface area contributed by atoms with Gasteiger partial charge in [-0.25, -0.2) is 0 Å². The summed E-state index contributed by atoms with van der Waals surface area (Å²) in [5.41, 5.74) is 1.32.